The lowest BCUT2D eigenvalue weighted by Gasteiger charge is -2.33. The van der Waals surface area contributed by atoms with Crippen molar-refractivity contribution in [1.82, 2.24) is 4.98 Å². The first kappa shape index (κ1) is 12.9. The highest BCUT2D eigenvalue weighted by molar-refractivity contribution is 9.10. The summed E-state index contributed by atoms with van der Waals surface area (Å²) >= 11 is 3.37. The fourth-order valence-corrected chi connectivity index (χ4v) is 3.77. The molecule has 1 saturated heterocycles. The van der Waals surface area contributed by atoms with Crippen molar-refractivity contribution in [3.63, 3.8) is 0 Å². The van der Waals surface area contributed by atoms with Crippen molar-refractivity contribution in [2.75, 3.05) is 4.90 Å². The molecule has 1 aliphatic heterocycles. The first-order valence-corrected chi connectivity index (χ1v) is 7.59. The highest BCUT2D eigenvalue weighted by atomic mass is 79.9. The molecule has 0 bridgehead atoms. The maximum atomic E-state index is 11.5. The van der Waals surface area contributed by atoms with Crippen molar-refractivity contribution in [3.05, 3.63) is 22.8 Å². The first-order valence-electron chi connectivity index (χ1n) is 6.79. The van der Waals surface area contributed by atoms with E-state index in [1.807, 2.05) is 17.0 Å². The Morgan fingerprint density at radius 1 is 1.37 bits per heavy atom. The van der Waals surface area contributed by atoms with Crippen LogP contribution in [0.15, 0.2) is 22.8 Å². The third kappa shape index (κ3) is 2.36. The molecular formula is C14H17BrN2O2. The van der Waals surface area contributed by atoms with Crippen LogP contribution in [0, 0.1) is 5.92 Å². The summed E-state index contributed by atoms with van der Waals surface area (Å²) in [5.74, 6) is 0.587. The van der Waals surface area contributed by atoms with Crippen LogP contribution in [-0.2, 0) is 4.79 Å². The maximum Gasteiger partial charge on any atom is 0.326 e. The summed E-state index contributed by atoms with van der Waals surface area (Å²) in [5.41, 5.74) is 0. The minimum Gasteiger partial charge on any atom is -0.480 e. The predicted octanol–water partition coefficient (Wildman–Crippen LogP) is 3.07. The molecule has 3 unspecified atom stereocenters. The molecule has 2 fully saturated rings. The monoisotopic (exact) mass is 324 g/mol. The molecule has 2 aliphatic rings. The molecule has 1 aliphatic carbocycles. The number of carboxylic acids is 1. The number of rotatable bonds is 2. The number of carboxylic acid groups (broad SMARTS) is 1. The molecule has 0 spiro atoms. The number of pyridine rings is 1. The second kappa shape index (κ2) is 5.12. The van der Waals surface area contributed by atoms with Gasteiger partial charge in [0.1, 0.15) is 11.9 Å². The normalized spacial score (nSPS) is 30.2. The van der Waals surface area contributed by atoms with Gasteiger partial charge in [0, 0.05) is 16.7 Å². The Hall–Kier alpha value is -1.10. The predicted molar refractivity (Wildman–Crippen MR) is 76.2 cm³/mol. The Labute approximate surface area is 121 Å². The van der Waals surface area contributed by atoms with Gasteiger partial charge in [-0.3, -0.25) is 0 Å². The zero-order valence-corrected chi connectivity index (χ0v) is 12.2. The lowest BCUT2D eigenvalue weighted by atomic mass is 9.85. The summed E-state index contributed by atoms with van der Waals surface area (Å²) in [4.78, 5) is 18.0. The molecule has 1 saturated carbocycles. The molecule has 19 heavy (non-hydrogen) atoms. The summed E-state index contributed by atoms with van der Waals surface area (Å²) < 4.78 is 0.919. The van der Waals surface area contributed by atoms with E-state index in [2.05, 4.69) is 20.9 Å². The largest absolute Gasteiger partial charge is 0.480 e. The summed E-state index contributed by atoms with van der Waals surface area (Å²) in [6, 6.07) is 3.78. The molecule has 0 radical (unpaired) electrons. The van der Waals surface area contributed by atoms with Crippen molar-refractivity contribution >= 4 is 27.7 Å². The number of hydrogen-bond donors (Lipinski definition) is 1. The quantitative estimate of drug-likeness (QED) is 0.908. The van der Waals surface area contributed by atoms with E-state index >= 15 is 0 Å². The van der Waals surface area contributed by atoms with Gasteiger partial charge in [0.05, 0.1) is 0 Å². The molecule has 1 aromatic heterocycles. The number of hydrogen-bond acceptors (Lipinski definition) is 3. The zero-order chi connectivity index (χ0) is 13.4. The van der Waals surface area contributed by atoms with Crippen molar-refractivity contribution in [2.24, 2.45) is 5.92 Å². The SMILES string of the molecule is O=C(O)C1CC2CCCCC2N1c1ccc(Br)cn1. The average molecular weight is 325 g/mol. The Morgan fingerprint density at radius 3 is 2.84 bits per heavy atom. The molecule has 3 rings (SSSR count). The molecular weight excluding hydrogens is 308 g/mol. The van der Waals surface area contributed by atoms with E-state index in [0.29, 0.717) is 12.0 Å². The summed E-state index contributed by atoms with van der Waals surface area (Å²) in [6.07, 6.45) is 7.17. The van der Waals surface area contributed by atoms with E-state index in [9.17, 15) is 9.90 Å². The second-order valence-corrected chi connectivity index (χ2v) is 6.36. The number of carbonyl (C=O) groups is 1. The number of halogens is 1. The highest BCUT2D eigenvalue weighted by Gasteiger charge is 2.45. The topological polar surface area (TPSA) is 53.4 Å². The third-order valence-electron chi connectivity index (χ3n) is 4.35. The number of fused-ring (bicyclic) bond motifs is 1. The van der Waals surface area contributed by atoms with E-state index in [-0.39, 0.29) is 0 Å². The number of aromatic nitrogens is 1. The van der Waals surface area contributed by atoms with E-state index in [1.165, 1.54) is 12.8 Å². The lowest BCUT2D eigenvalue weighted by molar-refractivity contribution is -0.138. The van der Waals surface area contributed by atoms with E-state index in [4.69, 9.17) is 0 Å². The Bertz CT molecular complexity index is 477. The van der Waals surface area contributed by atoms with Gasteiger partial charge in [-0.15, -0.1) is 0 Å². The van der Waals surface area contributed by atoms with Gasteiger partial charge in [-0.05, 0) is 53.2 Å². The minimum atomic E-state index is -0.723. The van der Waals surface area contributed by atoms with E-state index < -0.39 is 12.0 Å². The van der Waals surface area contributed by atoms with Crippen molar-refractivity contribution < 1.29 is 9.90 Å². The van der Waals surface area contributed by atoms with Crippen LogP contribution in [0.3, 0.4) is 0 Å². The van der Waals surface area contributed by atoms with E-state index in [1.54, 1.807) is 6.20 Å². The van der Waals surface area contributed by atoms with Gasteiger partial charge in [0.15, 0.2) is 0 Å². The molecule has 1 aromatic rings. The number of nitrogens with zero attached hydrogens (tertiary/aromatic N) is 2. The Balaban J connectivity index is 1.94. The molecule has 0 amide bonds. The number of aliphatic carboxylic acids is 1. The van der Waals surface area contributed by atoms with Crippen LogP contribution in [0.5, 0.6) is 0 Å². The molecule has 2 heterocycles. The van der Waals surface area contributed by atoms with Gasteiger partial charge < -0.3 is 10.0 Å². The van der Waals surface area contributed by atoms with Gasteiger partial charge in [-0.1, -0.05) is 12.8 Å². The lowest BCUT2D eigenvalue weighted by Crippen LogP contribution is -2.42. The molecule has 3 atom stereocenters. The maximum absolute atomic E-state index is 11.5. The van der Waals surface area contributed by atoms with Gasteiger partial charge >= 0.3 is 5.97 Å². The smallest absolute Gasteiger partial charge is 0.326 e. The van der Waals surface area contributed by atoms with E-state index in [0.717, 1.165) is 29.6 Å². The average Bonchev–Trinajstić information content (AvgIpc) is 2.79. The molecule has 102 valence electrons. The Kier molecular flexibility index (Phi) is 3.48. The Morgan fingerprint density at radius 2 is 2.16 bits per heavy atom. The van der Waals surface area contributed by atoms with Crippen LogP contribution in [0.2, 0.25) is 0 Å². The van der Waals surface area contributed by atoms with Crippen molar-refractivity contribution in [3.8, 4) is 0 Å². The van der Waals surface area contributed by atoms with Crippen molar-refractivity contribution in [1.29, 1.82) is 0 Å². The first-order chi connectivity index (χ1) is 9.16. The fourth-order valence-electron chi connectivity index (χ4n) is 3.53. The van der Waals surface area contributed by atoms with Gasteiger partial charge in [0.25, 0.3) is 0 Å². The standard InChI is InChI=1S/C14H17BrN2O2/c15-10-5-6-13(16-8-10)17-11-4-2-1-3-9(11)7-12(17)14(18)19/h5-6,8-9,11-12H,1-4,7H2,(H,18,19). The minimum absolute atomic E-state index is 0.350. The summed E-state index contributed by atoms with van der Waals surface area (Å²) in [5, 5.41) is 9.47. The number of anilines is 1. The fraction of sp³-hybridized carbons (Fsp3) is 0.571. The zero-order valence-electron chi connectivity index (χ0n) is 10.6. The van der Waals surface area contributed by atoms with Crippen LogP contribution < -0.4 is 4.90 Å². The summed E-state index contributed by atoms with van der Waals surface area (Å²) in [7, 11) is 0. The van der Waals surface area contributed by atoms with Crippen molar-refractivity contribution in [2.45, 2.75) is 44.2 Å². The summed E-state index contributed by atoms with van der Waals surface area (Å²) in [6.45, 7) is 0. The molecule has 1 N–H and O–H groups in total. The second-order valence-electron chi connectivity index (χ2n) is 5.44. The molecule has 4 nitrogen and oxygen atoms in total. The van der Waals surface area contributed by atoms with Gasteiger partial charge in [-0.2, -0.15) is 0 Å². The van der Waals surface area contributed by atoms with Crippen LogP contribution in [-0.4, -0.2) is 28.1 Å². The van der Waals surface area contributed by atoms with Crippen LogP contribution >= 0.6 is 15.9 Å². The molecule has 0 aromatic carbocycles. The van der Waals surface area contributed by atoms with Crippen LogP contribution in [0.25, 0.3) is 0 Å². The van der Waals surface area contributed by atoms with Crippen LogP contribution in [0.4, 0.5) is 5.82 Å². The highest BCUT2D eigenvalue weighted by Crippen LogP contribution is 2.41. The molecule has 5 heteroatoms. The van der Waals surface area contributed by atoms with Gasteiger partial charge in [0.2, 0.25) is 0 Å². The van der Waals surface area contributed by atoms with Crippen LogP contribution in [0.1, 0.15) is 32.1 Å². The van der Waals surface area contributed by atoms with Gasteiger partial charge in [-0.25, -0.2) is 9.78 Å². The third-order valence-corrected chi connectivity index (χ3v) is 4.82.